The van der Waals surface area contributed by atoms with E-state index < -0.39 is 5.82 Å². The van der Waals surface area contributed by atoms with Crippen LogP contribution in [-0.4, -0.2) is 15.0 Å². The predicted octanol–water partition coefficient (Wildman–Crippen LogP) is 4.49. The second-order valence-electron chi connectivity index (χ2n) is 5.82. The third kappa shape index (κ3) is 4.18. The highest BCUT2D eigenvalue weighted by Crippen LogP contribution is 2.20. The molecular weight excluding hydrogens is 339 g/mol. The van der Waals surface area contributed by atoms with Crippen LogP contribution in [0, 0.1) is 12.7 Å². The Kier molecular flexibility index (Phi) is 5.36. The van der Waals surface area contributed by atoms with E-state index >= 15 is 0 Å². The van der Waals surface area contributed by atoms with Gasteiger partial charge < -0.3 is 5.32 Å². The molecule has 2 aromatic heterocycles. The summed E-state index contributed by atoms with van der Waals surface area (Å²) in [5.74, 6) is 0.269. The molecular formula is C19H18ClFN4. The van der Waals surface area contributed by atoms with Crippen molar-refractivity contribution in [2.75, 3.05) is 0 Å². The van der Waals surface area contributed by atoms with Gasteiger partial charge in [0.05, 0.1) is 5.02 Å². The quantitative estimate of drug-likeness (QED) is 0.731. The lowest BCUT2D eigenvalue weighted by atomic mass is 10.1. The van der Waals surface area contributed by atoms with Crippen molar-refractivity contribution in [3.05, 3.63) is 76.6 Å². The van der Waals surface area contributed by atoms with Crippen molar-refractivity contribution < 1.29 is 4.39 Å². The number of rotatable bonds is 5. The maximum Gasteiger partial charge on any atom is 0.159 e. The topological polar surface area (TPSA) is 50.7 Å². The summed E-state index contributed by atoms with van der Waals surface area (Å²) in [6.07, 6.45) is 5.27. The highest BCUT2D eigenvalue weighted by Gasteiger charge is 2.12. The van der Waals surface area contributed by atoms with Crippen molar-refractivity contribution in [1.29, 1.82) is 0 Å². The first-order chi connectivity index (χ1) is 12.0. The van der Waals surface area contributed by atoms with Gasteiger partial charge in [-0.2, -0.15) is 0 Å². The maximum atomic E-state index is 13.5. The standard InChI is InChI=1S/C19H18ClFN4/c1-12(23-10-14-3-4-17(20)18(21)9-14)16-11-24-19(25-13(16)2)15-5-7-22-8-6-15/h3-9,11-12,23H,10H2,1-2H3. The molecule has 3 rings (SSSR count). The molecule has 0 saturated heterocycles. The summed E-state index contributed by atoms with van der Waals surface area (Å²) >= 11 is 5.71. The van der Waals surface area contributed by atoms with Crippen LogP contribution < -0.4 is 5.32 Å². The molecule has 0 saturated carbocycles. The normalized spacial score (nSPS) is 12.2. The number of aromatic nitrogens is 3. The van der Waals surface area contributed by atoms with Gasteiger partial charge in [-0.15, -0.1) is 0 Å². The summed E-state index contributed by atoms with van der Waals surface area (Å²) in [4.78, 5) is 13.0. The molecule has 1 aromatic carbocycles. The third-order valence-electron chi connectivity index (χ3n) is 4.02. The summed E-state index contributed by atoms with van der Waals surface area (Å²) in [5, 5.41) is 3.49. The molecule has 128 valence electrons. The Bertz CT molecular complexity index is 871. The van der Waals surface area contributed by atoms with E-state index in [4.69, 9.17) is 11.6 Å². The fourth-order valence-corrected chi connectivity index (χ4v) is 2.69. The third-order valence-corrected chi connectivity index (χ3v) is 4.33. The van der Waals surface area contributed by atoms with Crippen molar-refractivity contribution in [3.8, 4) is 11.4 Å². The van der Waals surface area contributed by atoms with E-state index in [-0.39, 0.29) is 11.1 Å². The monoisotopic (exact) mass is 356 g/mol. The van der Waals surface area contributed by atoms with Crippen LogP contribution in [0.1, 0.15) is 29.8 Å². The molecule has 6 heteroatoms. The summed E-state index contributed by atoms with van der Waals surface area (Å²) in [6, 6.07) is 8.61. The zero-order valence-electron chi connectivity index (χ0n) is 14.0. The van der Waals surface area contributed by atoms with Crippen LogP contribution in [0.2, 0.25) is 5.02 Å². The SMILES string of the molecule is Cc1nc(-c2ccncc2)ncc1C(C)NCc1ccc(Cl)c(F)c1. The molecule has 3 aromatic rings. The fourth-order valence-electron chi connectivity index (χ4n) is 2.57. The van der Waals surface area contributed by atoms with E-state index in [0.717, 1.165) is 22.4 Å². The Balaban J connectivity index is 1.71. The summed E-state index contributed by atoms with van der Waals surface area (Å²) in [6.45, 7) is 4.52. The number of nitrogens with zero attached hydrogens (tertiary/aromatic N) is 3. The van der Waals surface area contributed by atoms with Crippen LogP contribution in [0.4, 0.5) is 4.39 Å². The van der Waals surface area contributed by atoms with Crippen LogP contribution in [0.3, 0.4) is 0 Å². The van der Waals surface area contributed by atoms with Crippen LogP contribution >= 0.6 is 11.6 Å². The first-order valence-electron chi connectivity index (χ1n) is 7.96. The van der Waals surface area contributed by atoms with Gasteiger partial charge in [-0.05, 0) is 43.7 Å². The fraction of sp³-hybridized carbons (Fsp3) is 0.211. The summed E-state index contributed by atoms with van der Waals surface area (Å²) in [7, 11) is 0. The smallest absolute Gasteiger partial charge is 0.159 e. The van der Waals surface area contributed by atoms with E-state index in [1.54, 1.807) is 24.5 Å². The minimum Gasteiger partial charge on any atom is -0.306 e. The molecule has 1 N–H and O–H groups in total. The predicted molar refractivity (Wildman–Crippen MR) is 96.7 cm³/mol. The van der Waals surface area contributed by atoms with Gasteiger partial charge in [0.15, 0.2) is 5.82 Å². The van der Waals surface area contributed by atoms with Crippen molar-refractivity contribution in [3.63, 3.8) is 0 Å². The molecule has 0 spiro atoms. The Morgan fingerprint density at radius 1 is 1.20 bits per heavy atom. The Morgan fingerprint density at radius 3 is 2.64 bits per heavy atom. The molecule has 1 unspecified atom stereocenters. The highest BCUT2D eigenvalue weighted by molar-refractivity contribution is 6.30. The van der Waals surface area contributed by atoms with Gasteiger partial charge in [-0.3, -0.25) is 4.98 Å². The van der Waals surface area contributed by atoms with Gasteiger partial charge in [0.2, 0.25) is 0 Å². The molecule has 0 radical (unpaired) electrons. The summed E-state index contributed by atoms with van der Waals surface area (Å²) < 4.78 is 13.5. The largest absolute Gasteiger partial charge is 0.306 e. The van der Waals surface area contributed by atoms with Gasteiger partial charge in [-0.25, -0.2) is 14.4 Å². The molecule has 1 atom stereocenters. The van der Waals surface area contributed by atoms with E-state index in [0.29, 0.717) is 12.4 Å². The van der Waals surface area contributed by atoms with Gasteiger partial charge in [0, 0.05) is 48.0 Å². The maximum absolute atomic E-state index is 13.5. The molecule has 0 fully saturated rings. The van der Waals surface area contributed by atoms with Gasteiger partial charge in [0.1, 0.15) is 5.82 Å². The van der Waals surface area contributed by atoms with Crippen LogP contribution in [0.15, 0.2) is 48.9 Å². The number of hydrogen-bond donors (Lipinski definition) is 1. The van der Waals surface area contributed by atoms with Crippen molar-refractivity contribution in [2.24, 2.45) is 0 Å². The van der Waals surface area contributed by atoms with Crippen molar-refractivity contribution in [2.45, 2.75) is 26.4 Å². The molecule has 2 heterocycles. The van der Waals surface area contributed by atoms with Crippen LogP contribution in [-0.2, 0) is 6.54 Å². The average Bonchev–Trinajstić information content (AvgIpc) is 2.63. The zero-order valence-corrected chi connectivity index (χ0v) is 14.8. The van der Waals surface area contributed by atoms with Crippen molar-refractivity contribution >= 4 is 11.6 Å². The highest BCUT2D eigenvalue weighted by atomic mass is 35.5. The Morgan fingerprint density at radius 2 is 1.96 bits per heavy atom. The number of pyridine rings is 1. The number of halogens is 2. The molecule has 0 aliphatic heterocycles. The Hall–Kier alpha value is -2.37. The van der Waals surface area contributed by atoms with E-state index in [1.807, 2.05) is 32.2 Å². The first-order valence-corrected chi connectivity index (χ1v) is 8.33. The number of benzene rings is 1. The van der Waals surface area contributed by atoms with Crippen molar-refractivity contribution in [1.82, 2.24) is 20.3 Å². The lowest BCUT2D eigenvalue weighted by Crippen LogP contribution is -2.19. The van der Waals surface area contributed by atoms with Crippen LogP contribution in [0.25, 0.3) is 11.4 Å². The number of aryl methyl sites for hydroxylation is 1. The Labute approximate surface area is 151 Å². The van der Waals surface area contributed by atoms with Gasteiger partial charge >= 0.3 is 0 Å². The molecule has 0 bridgehead atoms. The molecule has 0 aliphatic carbocycles. The minimum atomic E-state index is -0.408. The molecule has 0 amide bonds. The molecule has 25 heavy (non-hydrogen) atoms. The lowest BCUT2D eigenvalue weighted by molar-refractivity contribution is 0.563. The lowest BCUT2D eigenvalue weighted by Gasteiger charge is -2.16. The molecule has 4 nitrogen and oxygen atoms in total. The van der Waals surface area contributed by atoms with E-state index in [9.17, 15) is 4.39 Å². The average molecular weight is 357 g/mol. The van der Waals surface area contributed by atoms with E-state index in [1.165, 1.54) is 6.07 Å². The number of hydrogen-bond acceptors (Lipinski definition) is 4. The second kappa shape index (κ2) is 7.68. The zero-order chi connectivity index (χ0) is 17.8. The number of nitrogens with one attached hydrogen (secondary N) is 1. The molecule has 0 aliphatic rings. The van der Waals surface area contributed by atoms with E-state index in [2.05, 4.69) is 20.3 Å². The van der Waals surface area contributed by atoms with Gasteiger partial charge in [-0.1, -0.05) is 17.7 Å². The second-order valence-corrected chi connectivity index (χ2v) is 6.23. The first kappa shape index (κ1) is 17.5. The minimum absolute atomic E-state index is 0.0326. The van der Waals surface area contributed by atoms with Gasteiger partial charge in [0.25, 0.3) is 0 Å². The summed E-state index contributed by atoms with van der Waals surface area (Å²) in [5.41, 5.74) is 3.68. The van der Waals surface area contributed by atoms with Crippen LogP contribution in [0.5, 0.6) is 0 Å².